The molecular formula is C20H17BrFNO3. The average Bonchev–Trinajstić information content (AvgIpc) is 2.60. The minimum Gasteiger partial charge on any atom is -0.508 e. The summed E-state index contributed by atoms with van der Waals surface area (Å²) < 4.78 is 13.9. The van der Waals surface area contributed by atoms with Crippen LogP contribution in [0.4, 0.5) is 4.39 Å². The zero-order valence-electron chi connectivity index (χ0n) is 14.1. The summed E-state index contributed by atoms with van der Waals surface area (Å²) in [5, 5.41) is 9.90. The minimum atomic E-state index is -0.474. The van der Waals surface area contributed by atoms with E-state index in [1.165, 1.54) is 29.3 Å². The standard InChI is InChI=1S/C20H17BrFNO3/c1-12-8-17(21)14(9-19(12)25)10-20(26)23-7-6-16(24)11-18(23)13-2-4-15(22)5-3-13/h2-9,18,25H,10-11H2,1H3. The summed E-state index contributed by atoms with van der Waals surface area (Å²) in [7, 11) is 0. The van der Waals surface area contributed by atoms with E-state index in [1.807, 2.05) is 0 Å². The van der Waals surface area contributed by atoms with Crippen molar-refractivity contribution in [2.24, 2.45) is 0 Å². The van der Waals surface area contributed by atoms with Crippen molar-refractivity contribution in [2.75, 3.05) is 0 Å². The molecule has 1 aliphatic heterocycles. The molecule has 3 rings (SSSR count). The zero-order valence-corrected chi connectivity index (χ0v) is 15.7. The van der Waals surface area contributed by atoms with E-state index in [9.17, 15) is 19.1 Å². The predicted molar refractivity (Wildman–Crippen MR) is 99.0 cm³/mol. The molecule has 2 aromatic rings. The number of hydrogen-bond donors (Lipinski definition) is 1. The molecule has 26 heavy (non-hydrogen) atoms. The van der Waals surface area contributed by atoms with E-state index in [0.717, 1.165) is 4.47 Å². The van der Waals surface area contributed by atoms with Gasteiger partial charge in [-0.05, 0) is 54.0 Å². The quantitative estimate of drug-likeness (QED) is 0.813. The first kappa shape index (κ1) is 18.3. The van der Waals surface area contributed by atoms with E-state index in [-0.39, 0.29) is 36.1 Å². The molecule has 1 amide bonds. The Balaban J connectivity index is 1.88. The number of rotatable bonds is 3. The highest BCUT2D eigenvalue weighted by molar-refractivity contribution is 9.10. The van der Waals surface area contributed by atoms with Gasteiger partial charge in [-0.15, -0.1) is 0 Å². The number of aryl methyl sites for hydroxylation is 1. The largest absolute Gasteiger partial charge is 0.508 e. The second-order valence-electron chi connectivity index (χ2n) is 6.26. The highest BCUT2D eigenvalue weighted by Crippen LogP contribution is 2.31. The summed E-state index contributed by atoms with van der Waals surface area (Å²) in [5.74, 6) is -0.552. The van der Waals surface area contributed by atoms with Crippen molar-refractivity contribution < 1.29 is 19.1 Å². The van der Waals surface area contributed by atoms with Gasteiger partial charge in [0.05, 0.1) is 12.5 Å². The molecule has 0 radical (unpaired) electrons. The summed E-state index contributed by atoms with van der Waals surface area (Å²) in [6.07, 6.45) is 3.06. The van der Waals surface area contributed by atoms with Crippen LogP contribution in [0.3, 0.4) is 0 Å². The molecule has 1 unspecified atom stereocenters. The van der Waals surface area contributed by atoms with Crippen LogP contribution in [0.5, 0.6) is 5.75 Å². The summed E-state index contributed by atoms with van der Waals surface area (Å²) in [6.45, 7) is 1.77. The van der Waals surface area contributed by atoms with Crippen LogP contribution in [-0.4, -0.2) is 21.7 Å². The Bertz CT molecular complexity index is 893. The Morgan fingerprint density at radius 2 is 2.00 bits per heavy atom. The fourth-order valence-corrected chi connectivity index (χ4v) is 3.54. The van der Waals surface area contributed by atoms with Crippen molar-refractivity contribution in [1.82, 2.24) is 4.90 Å². The molecule has 2 aromatic carbocycles. The summed E-state index contributed by atoms with van der Waals surface area (Å²) in [6, 6.07) is 8.64. The van der Waals surface area contributed by atoms with Crippen LogP contribution >= 0.6 is 15.9 Å². The number of amides is 1. The van der Waals surface area contributed by atoms with Gasteiger partial charge in [-0.3, -0.25) is 9.59 Å². The van der Waals surface area contributed by atoms with E-state index in [4.69, 9.17) is 0 Å². The van der Waals surface area contributed by atoms with Crippen molar-refractivity contribution >= 4 is 27.6 Å². The number of nitrogens with zero attached hydrogens (tertiary/aromatic N) is 1. The van der Waals surface area contributed by atoms with E-state index >= 15 is 0 Å². The van der Waals surface area contributed by atoms with Crippen molar-refractivity contribution in [1.29, 1.82) is 0 Å². The molecule has 0 fully saturated rings. The monoisotopic (exact) mass is 417 g/mol. The number of hydrogen-bond acceptors (Lipinski definition) is 3. The third-order valence-corrected chi connectivity index (χ3v) is 5.14. The van der Waals surface area contributed by atoms with Crippen molar-refractivity contribution in [3.05, 3.63) is 75.7 Å². The second kappa shape index (κ2) is 7.41. The van der Waals surface area contributed by atoms with Gasteiger partial charge in [0.25, 0.3) is 0 Å². The Morgan fingerprint density at radius 1 is 1.31 bits per heavy atom. The number of ketones is 1. The molecule has 4 nitrogen and oxygen atoms in total. The van der Waals surface area contributed by atoms with Gasteiger partial charge in [0.1, 0.15) is 11.6 Å². The Kier molecular flexibility index (Phi) is 5.23. The van der Waals surface area contributed by atoms with E-state index < -0.39 is 6.04 Å². The maximum absolute atomic E-state index is 13.2. The highest BCUT2D eigenvalue weighted by Gasteiger charge is 2.29. The Hall–Kier alpha value is -2.47. The number of carbonyl (C=O) groups excluding carboxylic acids is 2. The maximum atomic E-state index is 13.2. The van der Waals surface area contributed by atoms with Crippen molar-refractivity contribution in [3.63, 3.8) is 0 Å². The molecule has 1 aliphatic rings. The fraction of sp³-hybridized carbons (Fsp3) is 0.200. The lowest BCUT2D eigenvalue weighted by Crippen LogP contribution is -2.35. The fourth-order valence-electron chi connectivity index (χ4n) is 2.94. The van der Waals surface area contributed by atoms with Crippen LogP contribution in [0.1, 0.15) is 29.2 Å². The van der Waals surface area contributed by atoms with E-state index in [2.05, 4.69) is 15.9 Å². The van der Waals surface area contributed by atoms with Crippen molar-refractivity contribution in [3.8, 4) is 5.75 Å². The molecule has 0 bridgehead atoms. The molecule has 1 atom stereocenters. The normalized spacial score (nSPS) is 16.8. The number of aromatic hydroxyl groups is 1. The van der Waals surface area contributed by atoms with Crippen LogP contribution in [0.25, 0.3) is 0 Å². The molecule has 0 aromatic heterocycles. The number of phenolic OH excluding ortho intramolecular Hbond substituents is 1. The summed E-state index contributed by atoms with van der Waals surface area (Å²) in [5.41, 5.74) is 2.06. The number of benzene rings is 2. The van der Waals surface area contributed by atoms with Crippen LogP contribution < -0.4 is 0 Å². The first-order chi connectivity index (χ1) is 12.3. The van der Waals surface area contributed by atoms with E-state index in [1.54, 1.807) is 31.2 Å². The predicted octanol–water partition coefficient (Wildman–Crippen LogP) is 4.20. The smallest absolute Gasteiger partial charge is 0.231 e. The van der Waals surface area contributed by atoms with Crippen LogP contribution in [-0.2, 0) is 16.0 Å². The van der Waals surface area contributed by atoms with Gasteiger partial charge in [-0.25, -0.2) is 4.39 Å². The van der Waals surface area contributed by atoms with Gasteiger partial charge < -0.3 is 10.0 Å². The third-order valence-electron chi connectivity index (χ3n) is 4.40. The zero-order chi connectivity index (χ0) is 18.8. The molecule has 1 N–H and O–H groups in total. The number of carbonyl (C=O) groups is 2. The van der Waals surface area contributed by atoms with Gasteiger partial charge in [0, 0.05) is 17.1 Å². The van der Waals surface area contributed by atoms with Gasteiger partial charge in [-0.2, -0.15) is 0 Å². The molecular weight excluding hydrogens is 401 g/mol. The second-order valence-corrected chi connectivity index (χ2v) is 7.12. The van der Waals surface area contributed by atoms with E-state index in [0.29, 0.717) is 16.7 Å². The van der Waals surface area contributed by atoms with Gasteiger partial charge in [0.2, 0.25) is 5.91 Å². The first-order valence-electron chi connectivity index (χ1n) is 8.11. The van der Waals surface area contributed by atoms with Crippen LogP contribution in [0, 0.1) is 12.7 Å². The van der Waals surface area contributed by atoms with Crippen LogP contribution in [0.2, 0.25) is 0 Å². The molecule has 0 saturated heterocycles. The summed E-state index contributed by atoms with van der Waals surface area (Å²) >= 11 is 3.42. The Morgan fingerprint density at radius 3 is 2.69 bits per heavy atom. The number of allylic oxidation sites excluding steroid dienone is 1. The van der Waals surface area contributed by atoms with Gasteiger partial charge in [0.15, 0.2) is 5.78 Å². The minimum absolute atomic E-state index is 0.0602. The number of halogens is 2. The molecule has 1 heterocycles. The SMILES string of the molecule is Cc1cc(Br)c(CC(=O)N2C=CC(=O)CC2c2ccc(F)cc2)cc1O. The lowest BCUT2D eigenvalue weighted by atomic mass is 9.96. The number of phenols is 1. The van der Waals surface area contributed by atoms with Crippen molar-refractivity contribution in [2.45, 2.75) is 25.8 Å². The third kappa shape index (κ3) is 3.85. The highest BCUT2D eigenvalue weighted by atomic mass is 79.9. The molecule has 6 heteroatoms. The average molecular weight is 418 g/mol. The lowest BCUT2D eigenvalue weighted by molar-refractivity contribution is -0.131. The first-order valence-corrected chi connectivity index (χ1v) is 8.90. The topological polar surface area (TPSA) is 57.6 Å². The maximum Gasteiger partial charge on any atom is 0.231 e. The molecule has 0 saturated carbocycles. The molecule has 0 spiro atoms. The Labute approximate surface area is 159 Å². The molecule has 0 aliphatic carbocycles. The lowest BCUT2D eigenvalue weighted by Gasteiger charge is -2.31. The van der Waals surface area contributed by atoms with Gasteiger partial charge in [-0.1, -0.05) is 28.1 Å². The van der Waals surface area contributed by atoms with Gasteiger partial charge >= 0.3 is 0 Å². The van der Waals surface area contributed by atoms with Crippen LogP contribution in [0.15, 0.2) is 53.1 Å². The molecule has 134 valence electrons. The summed E-state index contributed by atoms with van der Waals surface area (Å²) in [4.78, 5) is 26.2.